The lowest BCUT2D eigenvalue weighted by Crippen LogP contribution is -2.25. The maximum absolute atomic E-state index is 13.5. The summed E-state index contributed by atoms with van der Waals surface area (Å²) in [6.45, 7) is 1.52. The first kappa shape index (κ1) is 20.9. The molecule has 3 aromatic carbocycles. The fourth-order valence-corrected chi connectivity index (χ4v) is 4.72. The van der Waals surface area contributed by atoms with Crippen LogP contribution in [0.1, 0.15) is 28.2 Å². The van der Waals surface area contributed by atoms with Crippen molar-refractivity contribution in [1.82, 2.24) is 5.32 Å². The molecule has 0 saturated heterocycles. The SMILES string of the molecule is Cc1c(N)cc(CNC(=O)OCC2c3ccccc3-c3ccccc32)cc1S(=O)(=O)F. The molecular formula is C23H21FN2O4S. The molecule has 3 N–H and O–H groups in total. The summed E-state index contributed by atoms with van der Waals surface area (Å²) in [5, 5.41) is 2.56. The van der Waals surface area contributed by atoms with Crippen molar-refractivity contribution < 1.29 is 21.8 Å². The van der Waals surface area contributed by atoms with Gasteiger partial charge in [0.25, 0.3) is 0 Å². The molecule has 0 fully saturated rings. The van der Waals surface area contributed by atoms with Gasteiger partial charge in [0.2, 0.25) is 0 Å². The topological polar surface area (TPSA) is 98.5 Å². The second kappa shape index (κ2) is 8.03. The number of ether oxygens (including phenoxy) is 1. The van der Waals surface area contributed by atoms with Crippen LogP contribution in [0, 0.1) is 6.92 Å². The number of amides is 1. The van der Waals surface area contributed by atoms with E-state index < -0.39 is 21.2 Å². The van der Waals surface area contributed by atoms with E-state index in [9.17, 15) is 17.1 Å². The second-order valence-corrected chi connectivity index (χ2v) is 8.74. The molecule has 0 unspecified atom stereocenters. The van der Waals surface area contributed by atoms with E-state index in [1.165, 1.54) is 13.0 Å². The molecule has 0 radical (unpaired) electrons. The number of anilines is 1. The van der Waals surface area contributed by atoms with Crippen LogP contribution in [0.25, 0.3) is 11.1 Å². The Bertz CT molecular complexity index is 1230. The zero-order valence-corrected chi connectivity index (χ0v) is 17.6. The Morgan fingerprint density at radius 1 is 1.06 bits per heavy atom. The van der Waals surface area contributed by atoms with Gasteiger partial charge in [0, 0.05) is 18.2 Å². The van der Waals surface area contributed by atoms with Crippen LogP contribution in [0.4, 0.5) is 14.4 Å². The summed E-state index contributed by atoms with van der Waals surface area (Å²) in [7, 11) is -4.92. The van der Waals surface area contributed by atoms with Crippen molar-refractivity contribution in [2.24, 2.45) is 0 Å². The lowest BCUT2D eigenvalue weighted by Gasteiger charge is -2.15. The fourth-order valence-electron chi connectivity index (χ4n) is 3.95. The lowest BCUT2D eigenvalue weighted by molar-refractivity contribution is 0.142. The van der Waals surface area contributed by atoms with Crippen LogP contribution in [-0.2, 0) is 21.5 Å². The van der Waals surface area contributed by atoms with Crippen molar-refractivity contribution in [3.63, 3.8) is 0 Å². The molecule has 0 atom stereocenters. The number of carbonyl (C=O) groups is 1. The molecule has 160 valence electrons. The van der Waals surface area contributed by atoms with Crippen molar-refractivity contribution in [2.45, 2.75) is 24.3 Å². The van der Waals surface area contributed by atoms with Gasteiger partial charge in [0.1, 0.15) is 11.5 Å². The van der Waals surface area contributed by atoms with E-state index in [1.54, 1.807) is 0 Å². The number of benzene rings is 3. The van der Waals surface area contributed by atoms with Crippen LogP contribution in [0.2, 0.25) is 0 Å². The first-order valence-corrected chi connectivity index (χ1v) is 11.1. The minimum Gasteiger partial charge on any atom is -0.449 e. The first-order chi connectivity index (χ1) is 14.8. The minimum absolute atomic E-state index is 0.0519. The van der Waals surface area contributed by atoms with E-state index in [4.69, 9.17) is 10.5 Å². The van der Waals surface area contributed by atoms with Crippen molar-refractivity contribution in [3.05, 3.63) is 82.9 Å². The van der Waals surface area contributed by atoms with Crippen LogP contribution in [0.15, 0.2) is 65.6 Å². The van der Waals surface area contributed by atoms with Crippen LogP contribution in [0.3, 0.4) is 0 Å². The van der Waals surface area contributed by atoms with E-state index in [2.05, 4.69) is 5.32 Å². The molecule has 0 bridgehead atoms. The van der Waals surface area contributed by atoms with Crippen molar-refractivity contribution in [1.29, 1.82) is 0 Å². The zero-order chi connectivity index (χ0) is 22.2. The summed E-state index contributed by atoms with van der Waals surface area (Å²) in [6, 6.07) is 18.7. The number of nitrogen functional groups attached to an aromatic ring is 1. The van der Waals surface area contributed by atoms with E-state index in [1.807, 2.05) is 48.5 Å². The van der Waals surface area contributed by atoms with Gasteiger partial charge >= 0.3 is 16.3 Å². The van der Waals surface area contributed by atoms with Gasteiger partial charge in [0.05, 0.1) is 0 Å². The van der Waals surface area contributed by atoms with Gasteiger partial charge in [-0.25, -0.2) is 4.79 Å². The molecule has 0 aromatic heterocycles. The highest BCUT2D eigenvalue weighted by molar-refractivity contribution is 7.86. The van der Waals surface area contributed by atoms with E-state index >= 15 is 0 Å². The lowest BCUT2D eigenvalue weighted by atomic mass is 9.98. The third-order valence-electron chi connectivity index (χ3n) is 5.50. The highest BCUT2D eigenvalue weighted by atomic mass is 32.3. The smallest absolute Gasteiger partial charge is 0.407 e. The summed E-state index contributed by atoms with van der Waals surface area (Å²) in [5.74, 6) is -0.0727. The number of hydrogen-bond donors (Lipinski definition) is 2. The standard InChI is InChI=1S/C23H21FN2O4S/c1-14-21(25)10-15(11-22(14)31(24,28)29)12-26-23(27)30-13-20-18-8-4-2-6-16(18)17-7-3-5-9-19(17)20/h2-11,20H,12-13,25H2,1H3,(H,26,27). The van der Waals surface area contributed by atoms with Gasteiger partial charge in [-0.2, -0.15) is 8.42 Å². The number of carbonyl (C=O) groups excluding carboxylic acids is 1. The zero-order valence-electron chi connectivity index (χ0n) is 16.8. The number of rotatable bonds is 5. The molecular weight excluding hydrogens is 419 g/mol. The molecule has 1 amide bonds. The van der Waals surface area contributed by atoms with Gasteiger partial charge in [-0.3, -0.25) is 0 Å². The van der Waals surface area contributed by atoms with E-state index in [0.717, 1.165) is 28.3 Å². The molecule has 6 nitrogen and oxygen atoms in total. The number of halogens is 1. The Kier molecular flexibility index (Phi) is 5.41. The molecule has 0 heterocycles. The van der Waals surface area contributed by atoms with Crippen LogP contribution in [0.5, 0.6) is 0 Å². The number of hydrogen-bond acceptors (Lipinski definition) is 5. The number of alkyl carbamates (subject to hydrolysis) is 1. The number of nitrogens with two attached hydrogens (primary N) is 1. The van der Waals surface area contributed by atoms with Crippen molar-refractivity contribution in [3.8, 4) is 11.1 Å². The monoisotopic (exact) mass is 440 g/mol. The van der Waals surface area contributed by atoms with E-state index in [-0.39, 0.29) is 30.3 Å². The Hall–Kier alpha value is -3.39. The summed E-state index contributed by atoms with van der Waals surface area (Å²) in [4.78, 5) is 11.8. The molecule has 1 aliphatic rings. The molecule has 0 aliphatic heterocycles. The summed E-state index contributed by atoms with van der Waals surface area (Å²) < 4.78 is 41.5. The molecule has 31 heavy (non-hydrogen) atoms. The van der Waals surface area contributed by atoms with Gasteiger partial charge < -0.3 is 15.8 Å². The minimum atomic E-state index is -4.92. The molecule has 3 aromatic rings. The Morgan fingerprint density at radius 3 is 2.23 bits per heavy atom. The fraction of sp³-hybridized carbons (Fsp3) is 0.174. The maximum atomic E-state index is 13.5. The van der Waals surface area contributed by atoms with Crippen molar-refractivity contribution in [2.75, 3.05) is 12.3 Å². The largest absolute Gasteiger partial charge is 0.449 e. The normalized spacial score (nSPS) is 12.8. The highest BCUT2D eigenvalue weighted by Gasteiger charge is 2.29. The summed E-state index contributed by atoms with van der Waals surface area (Å²) >= 11 is 0. The number of nitrogens with one attached hydrogen (secondary N) is 1. The molecule has 8 heteroatoms. The maximum Gasteiger partial charge on any atom is 0.407 e. The summed E-state index contributed by atoms with van der Waals surface area (Å²) in [5.41, 5.74) is 10.8. The van der Waals surface area contributed by atoms with Gasteiger partial charge in [0.15, 0.2) is 0 Å². The van der Waals surface area contributed by atoms with Gasteiger partial charge in [-0.05, 0) is 52.4 Å². The van der Waals surface area contributed by atoms with Crippen LogP contribution >= 0.6 is 0 Å². The molecule has 4 rings (SSSR count). The highest BCUT2D eigenvalue weighted by Crippen LogP contribution is 2.44. The van der Waals surface area contributed by atoms with Crippen LogP contribution < -0.4 is 11.1 Å². The van der Waals surface area contributed by atoms with E-state index in [0.29, 0.717) is 5.56 Å². The Balaban J connectivity index is 1.44. The third-order valence-corrected chi connectivity index (χ3v) is 6.45. The quantitative estimate of drug-likeness (QED) is 0.456. The molecule has 0 saturated carbocycles. The first-order valence-electron chi connectivity index (χ1n) is 9.68. The third kappa shape index (κ3) is 4.11. The van der Waals surface area contributed by atoms with Gasteiger partial charge in [-0.1, -0.05) is 48.5 Å². The van der Waals surface area contributed by atoms with Gasteiger partial charge in [-0.15, -0.1) is 3.89 Å². The Labute approximate surface area is 180 Å². The predicted molar refractivity (Wildman–Crippen MR) is 116 cm³/mol. The number of fused-ring (bicyclic) bond motifs is 3. The van der Waals surface area contributed by atoms with Crippen molar-refractivity contribution >= 4 is 22.0 Å². The molecule has 1 aliphatic carbocycles. The average Bonchev–Trinajstić information content (AvgIpc) is 3.06. The predicted octanol–water partition coefficient (Wildman–Crippen LogP) is 4.27. The summed E-state index contributed by atoms with van der Waals surface area (Å²) in [6.07, 6.45) is -0.661. The second-order valence-electron chi connectivity index (χ2n) is 7.43. The van der Waals surface area contributed by atoms with Crippen LogP contribution in [-0.4, -0.2) is 21.1 Å². The molecule has 0 spiro atoms. The Morgan fingerprint density at radius 2 is 1.65 bits per heavy atom. The average molecular weight is 440 g/mol.